The molecular formula is C45H26N2S. The smallest absolute Gasteiger partial charge is 0.131 e. The Balaban J connectivity index is 1.29. The molecule has 0 N–H and O–H groups in total. The summed E-state index contributed by atoms with van der Waals surface area (Å²) in [5.41, 5.74) is 16.6. The highest BCUT2D eigenvalue weighted by atomic mass is 32.2. The average Bonchev–Trinajstić information content (AvgIpc) is 3.85. The summed E-state index contributed by atoms with van der Waals surface area (Å²) in [6.45, 7) is 0. The van der Waals surface area contributed by atoms with Crippen LogP contribution in [0.5, 0.6) is 0 Å². The maximum Gasteiger partial charge on any atom is 0.131 e. The highest BCUT2D eigenvalue weighted by molar-refractivity contribution is 7.99. The van der Waals surface area contributed by atoms with Crippen molar-refractivity contribution in [3.8, 4) is 33.6 Å². The first-order valence-electron chi connectivity index (χ1n) is 16.6. The molecule has 0 saturated carbocycles. The van der Waals surface area contributed by atoms with Crippen molar-refractivity contribution >= 4 is 44.6 Å². The maximum absolute atomic E-state index is 2.57. The fraction of sp³-hybridized carbons (Fsp3) is 0.0222. The molecule has 0 fully saturated rings. The van der Waals surface area contributed by atoms with E-state index >= 15 is 0 Å². The molecule has 1 aliphatic heterocycles. The molecule has 3 heterocycles. The van der Waals surface area contributed by atoms with E-state index in [1.807, 2.05) is 11.8 Å². The van der Waals surface area contributed by atoms with Gasteiger partial charge in [0.25, 0.3) is 0 Å². The van der Waals surface area contributed by atoms with Gasteiger partial charge in [0.15, 0.2) is 0 Å². The number of benzene rings is 7. The molecule has 0 bridgehead atoms. The SMILES string of the molecule is c1ccc2c(c1)Sc1cccc3c4c5ccccc5n(-c5cccc6c5-c5ccccc5C65c6ccccc6-c6ccccc65)c4n-2c13. The van der Waals surface area contributed by atoms with Gasteiger partial charge in [-0.1, -0.05) is 139 Å². The zero-order chi connectivity index (χ0) is 31.1. The summed E-state index contributed by atoms with van der Waals surface area (Å²) in [5.74, 6) is 0. The summed E-state index contributed by atoms with van der Waals surface area (Å²) in [7, 11) is 0. The van der Waals surface area contributed by atoms with Gasteiger partial charge in [-0.2, -0.15) is 0 Å². The summed E-state index contributed by atoms with van der Waals surface area (Å²) in [6, 6.07) is 59.0. The minimum atomic E-state index is -0.383. The number of aromatic nitrogens is 2. The van der Waals surface area contributed by atoms with Gasteiger partial charge in [0.2, 0.25) is 0 Å². The van der Waals surface area contributed by atoms with Crippen LogP contribution in [-0.2, 0) is 5.41 Å². The summed E-state index contributed by atoms with van der Waals surface area (Å²) in [6.07, 6.45) is 0. The lowest BCUT2D eigenvalue weighted by Crippen LogP contribution is -2.25. The van der Waals surface area contributed by atoms with Crippen molar-refractivity contribution in [2.24, 2.45) is 0 Å². The molecule has 2 nitrogen and oxygen atoms in total. The Bertz CT molecular complexity index is 2840. The lowest BCUT2D eigenvalue weighted by atomic mass is 9.70. The molecule has 2 aliphatic carbocycles. The van der Waals surface area contributed by atoms with Crippen molar-refractivity contribution < 1.29 is 0 Å². The normalized spacial score (nSPS) is 14.3. The zero-order valence-corrected chi connectivity index (χ0v) is 26.6. The number of fused-ring (bicyclic) bond motifs is 17. The quantitative estimate of drug-likeness (QED) is 0.176. The molecule has 9 aromatic rings. The summed E-state index contributed by atoms with van der Waals surface area (Å²) in [5, 5.41) is 3.91. The third-order valence-corrected chi connectivity index (χ3v) is 12.2. The number of rotatable bonds is 1. The Morgan fingerprint density at radius 2 is 0.979 bits per heavy atom. The van der Waals surface area contributed by atoms with Crippen LogP contribution in [0.1, 0.15) is 22.3 Å². The first-order chi connectivity index (χ1) is 23.9. The zero-order valence-electron chi connectivity index (χ0n) is 25.8. The lowest BCUT2D eigenvalue weighted by Gasteiger charge is -2.30. The van der Waals surface area contributed by atoms with E-state index in [0.717, 1.165) is 0 Å². The van der Waals surface area contributed by atoms with Crippen molar-refractivity contribution in [3.63, 3.8) is 0 Å². The minimum Gasteiger partial charge on any atom is -0.294 e. The van der Waals surface area contributed by atoms with Crippen LogP contribution < -0.4 is 0 Å². The monoisotopic (exact) mass is 626 g/mol. The largest absolute Gasteiger partial charge is 0.294 e. The van der Waals surface area contributed by atoms with Crippen molar-refractivity contribution in [1.82, 2.24) is 9.13 Å². The molecule has 0 saturated heterocycles. The van der Waals surface area contributed by atoms with Crippen LogP contribution in [-0.4, -0.2) is 9.13 Å². The van der Waals surface area contributed by atoms with E-state index in [2.05, 4.69) is 167 Å². The lowest BCUT2D eigenvalue weighted by molar-refractivity contribution is 0.793. The van der Waals surface area contributed by atoms with Crippen molar-refractivity contribution in [3.05, 3.63) is 180 Å². The van der Waals surface area contributed by atoms with Gasteiger partial charge in [-0.25, -0.2) is 0 Å². The van der Waals surface area contributed by atoms with Crippen molar-refractivity contribution in [1.29, 1.82) is 0 Å². The molecular weight excluding hydrogens is 601 g/mol. The van der Waals surface area contributed by atoms with Crippen LogP contribution in [0.4, 0.5) is 0 Å². The van der Waals surface area contributed by atoms with E-state index in [1.54, 1.807) is 0 Å². The average molecular weight is 627 g/mol. The van der Waals surface area contributed by atoms with Gasteiger partial charge >= 0.3 is 0 Å². The third kappa shape index (κ3) is 2.78. The Labute approximate surface area is 281 Å². The van der Waals surface area contributed by atoms with Crippen molar-refractivity contribution in [2.75, 3.05) is 0 Å². The van der Waals surface area contributed by atoms with Crippen LogP contribution in [0, 0.1) is 0 Å². The Kier molecular flexibility index (Phi) is 4.63. The molecule has 0 radical (unpaired) electrons. The molecule has 12 rings (SSSR count). The first-order valence-corrected chi connectivity index (χ1v) is 17.4. The molecule has 2 aromatic heterocycles. The second-order valence-corrected chi connectivity index (χ2v) is 14.3. The molecule has 0 atom stereocenters. The fourth-order valence-corrected chi connectivity index (χ4v) is 10.6. The van der Waals surface area contributed by atoms with E-state index in [1.165, 1.54) is 98.5 Å². The highest BCUT2D eigenvalue weighted by Crippen LogP contribution is 2.64. The Hall–Kier alpha value is -5.77. The van der Waals surface area contributed by atoms with Gasteiger partial charge in [0.1, 0.15) is 5.65 Å². The minimum absolute atomic E-state index is 0.383. The molecule has 0 unspecified atom stereocenters. The second-order valence-electron chi connectivity index (χ2n) is 13.2. The van der Waals surface area contributed by atoms with Crippen LogP contribution in [0.2, 0.25) is 0 Å². The van der Waals surface area contributed by atoms with Crippen LogP contribution in [0.25, 0.3) is 66.5 Å². The maximum atomic E-state index is 2.57. The predicted molar refractivity (Wildman–Crippen MR) is 198 cm³/mol. The summed E-state index contributed by atoms with van der Waals surface area (Å²) in [4.78, 5) is 2.59. The predicted octanol–water partition coefficient (Wildman–Crippen LogP) is 11.5. The molecule has 7 aromatic carbocycles. The van der Waals surface area contributed by atoms with Gasteiger partial charge in [-0.3, -0.25) is 9.13 Å². The third-order valence-electron chi connectivity index (χ3n) is 11.1. The number of para-hydroxylation sites is 3. The molecule has 48 heavy (non-hydrogen) atoms. The summed E-state index contributed by atoms with van der Waals surface area (Å²) >= 11 is 1.88. The van der Waals surface area contributed by atoms with Crippen LogP contribution in [0.3, 0.4) is 0 Å². The molecule has 222 valence electrons. The van der Waals surface area contributed by atoms with Gasteiger partial charge in [-0.15, -0.1) is 0 Å². The first kappa shape index (κ1) is 25.3. The highest BCUT2D eigenvalue weighted by Gasteiger charge is 2.52. The van der Waals surface area contributed by atoms with Crippen molar-refractivity contribution in [2.45, 2.75) is 15.2 Å². The number of hydrogen-bond donors (Lipinski definition) is 0. The van der Waals surface area contributed by atoms with Gasteiger partial charge in [-0.05, 0) is 69.3 Å². The van der Waals surface area contributed by atoms with Gasteiger partial charge in [0.05, 0.1) is 27.8 Å². The second kappa shape index (κ2) is 8.77. The van der Waals surface area contributed by atoms with E-state index < -0.39 is 0 Å². The molecule has 0 amide bonds. The topological polar surface area (TPSA) is 9.86 Å². The Morgan fingerprint density at radius 3 is 1.79 bits per heavy atom. The van der Waals surface area contributed by atoms with Gasteiger partial charge in [0, 0.05) is 31.5 Å². The molecule has 3 heteroatoms. The van der Waals surface area contributed by atoms with Crippen LogP contribution in [0.15, 0.2) is 168 Å². The number of hydrogen-bond acceptors (Lipinski definition) is 1. The standard InChI is InChI=1S/C45H26N2S/c1-5-18-32-27(13-1)28-14-2-6-19-33(28)45(32)34-20-7-3-15-29(34)42-35(45)21-12-24-38(42)46-36-22-8-4-16-30(36)41-31-17-11-26-40-43(31)47(44(41)46)37-23-9-10-25-39(37)48-40/h1-26H. The number of nitrogens with zero attached hydrogens (tertiary/aromatic N) is 2. The fourth-order valence-electron chi connectivity index (χ4n) is 9.48. The Morgan fingerprint density at radius 1 is 0.417 bits per heavy atom. The molecule has 1 spiro atoms. The summed E-state index contributed by atoms with van der Waals surface area (Å²) < 4.78 is 5.12. The van der Waals surface area contributed by atoms with E-state index in [-0.39, 0.29) is 5.41 Å². The van der Waals surface area contributed by atoms with Crippen LogP contribution >= 0.6 is 11.8 Å². The van der Waals surface area contributed by atoms with E-state index in [4.69, 9.17) is 0 Å². The molecule has 3 aliphatic rings. The van der Waals surface area contributed by atoms with Gasteiger partial charge < -0.3 is 0 Å². The van der Waals surface area contributed by atoms with E-state index in [0.29, 0.717) is 0 Å². The van der Waals surface area contributed by atoms with E-state index in [9.17, 15) is 0 Å².